The quantitative estimate of drug-likeness (QED) is 0.831. The highest BCUT2D eigenvalue weighted by Gasteiger charge is 2.19. The van der Waals surface area contributed by atoms with Crippen LogP contribution < -0.4 is 20.6 Å². The van der Waals surface area contributed by atoms with E-state index in [4.69, 9.17) is 4.42 Å². The number of carboxylic acid groups (broad SMARTS) is 1. The number of benzene rings is 1. The lowest BCUT2D eigenvalue weighted by atomic mass is 9.94. The summed E-state index contributed by atoms with van der Waals surface area (Å²) >= 11 is 0. The summed E-state index contributed by atoms with van der Waals surface area (Å²) in [6.07, 6.45) is 4.60. The fraction of sp³-hybridized carbons (Fsp3) is 0.400. The van der Waals surface area contributed by atoms with Gasteiger partial charge in [0, 0.05) is 43.1 Å². The van der Waals surface area contributed by atoms with E-state index in [0.717, 1.165) is 45.7 Å². The van der Waals surface area contributed by atoms with E-state index in [0.29, 0.717) is 6.42 Å². The molecule has 0 spiro atoms. The van der Waals surface area contributed by atoms with Gasteiger partial charge >= 0.3 is 5.97 Å². The van der Waals surface area contributed by atoms with Crippen LogP contribution >= 0.6 is 0 Å². The minimum atomic E-state index is -0.779. The Hall–Kier alpha value is -2.56. The van der Waals surface area contributed by atoms with Crippen LogP contribution in [0, 0.1) is 0 Å². The summed E-state index contributed by atoms with van der Waals surface area (Å²) in [4.78, 5) is 13.3. The number of hydrogen-bond acceptors (Lipinski definition) is 3. The van der Waals surface area contributed by atoms with Crippen molar-refractivity contribution in [1.82, 2.24) is 9.48 Å². The summed E-state index contributed by atoms with van der Waals surface area (Å²) in [5.74, 6) is 0.0281. The van der Waals surface area contributed by atoms with Crippen LogP contribution in [0.15, 0.2) is 22.6 Å². The second-order valence-corrected chi connectivity index (χ2v) is 6.87. The van der Waals surface area contributed by atoms with Crippen LogP contribution in [-0.4, -0.2) is 44.2 Å². The van der Waals surface area contributed by atoms with Crippen LogP contribution in [0.4, 0.5) is 0 Å². The molecule has 0 aromatic heterocycles. The number of carbonyl (C=O) groups is 1. The van der Waals surface area contributed by atoms with Crippen LogP contribution in [-0.2, 0) is 11.2 Å². The van der Waals surface area contributed by atoms with Gasteiger partial charge in [-0.3, -0.25) is 4.79 Å². The number of hydrogen-bond donors (Lipinski definition) is 1. The third-order valence-corrected chi connectivity index (χ3v) is 4.70. The first-order valence-electron chi connectivity index (χ1n) is 8.57. The molecule has 1 heterocycles. The van der Waals surface area contributed by atoms with Gasteiger partial charge in [0.05, 0.1) is 6.07 Å². The largest absolute Gasteiger partial charge is 0.481 e. The molecule has 1 aliphatic heterocycles. The molecule has 0 atom stereocenters. The molecule has 0 radical (unpaired) electrons. The van der Waals surface area contributed by atoms with Gasteiger partial charge in [0.15, 0.2) is 0 Å². The first kappa shape index (κ1) is 17.3. The second-order valence-electron chi connectivity index (χ2n) is 6.87. The fourth-order valence-corrected chi connectivity index (χ4v) is 3.44. The van der Waals surface area contributed by atoms with E-state index >= 15 is 0 Å². The zero-order chi connectivity index (χ0) is 18.1. The normalized spacial score (nSPS) is 13.4. The molecule has 132 valence electrons. The highest BCUT2D eigenvalue weighted by atomic mass is 16.4. The Morgan fingerprint density at radius 3 is 2.72 bits per heavy atom. The number of nitrogens with zero attached hydrogens (tertiary/aromatic N) is 2. The van der Waals surface area contributed by atoms with Crippen LogP contribution in [0.1, 0.15) is 24.8 Å². The topological polar surface area (TPSA) is 56.7 Å². The van der Waals surface area contributed by atoms with Gasteiger partial charge in [-0.25, -0.2) is 4.58 Å². The van der Waals surface area contributed by atoms with Gasteiger partial charge in [-0.05, 0) is 37.0 Å². The third kappa shape index (κ3) is 3.31. The second kappa shape index (κ2) is 6.75. The Kier molecular flexibility index (Phi) is 4.66. The van der Waals surface area contributed by atoms with Crippen LogP contribution in [0.3, 0.4) is 0 Å². The molecule has 5 nitrogen and oxygen atoms in total. The van der Waals surface area contributed by atoms with Gasteiger partial charge in [-0.15, -0.1) is 0 Å². The van der Waals surface area contributed by atoms with E-state index in [-0.39, 0.29) is 6.42 Å². The van der Waals surface area contributed by atoms with Crippen molar-refractivity contribution >= 4 is 17.7 Å². The van der Waals surface area contributed by atoms with E-state index in [1.165, 1.54) is 5.70 Å². The first-order chi connectivity index (χ1) is 11.9. The van der Waals surface area contributed by atoms with Crippen molar-refractivity contribution in [3.8, 4) is 11.3 Å². The lowest BCUT2D eigenvalue weighted by Gasteiger charge is -2.22. The first-order valence-corrected chi connectivity index (χ1v) is 8.57. The van der Waals surface area contributed by atoms with E-state index < -0.39 is 5.97 Å². The number of rotatable bonds is 4. The van der Waals surface area contributed by atoms with E-state index in [9.17, 15) is 9.90 Å². The van der Waals surface area contributed by atoms with E-state index in [2.05, 4.69) is 17.0 Å². The molecule has 0 amide bonds. The molecule has 25 heavy (non-hydrogen) atoms. The fourth-order valence-electron chi connectivity index (χ4n) is 3.44. The Bertz CT molecular complexity index is 979. The molecule has 0 aromatic carbocycles. The summed E-state index contributed by atoms with van der Waals surface area (Å²) in [5.41, 5.74) is 4.14. The summed E-state index contributed by atoms with van der Waals surface area (Å²) in [6, 6.07) is 6.13. The van der Waals surface area contributed by atoms with Crippen LogP contribution in [0.5, 0.6) is 0 Å². The number of fused-ring (bicyclic) bond motifs is 2. The van der Waals surface area contributed by atoms with Gasteiger partial charge in [-0.1, -0.05) is 0 Å². The lowest BCUT2D eigenvalue weighted by Crippen LogP contribution is -2.38. The summed E-state index contributed by atoms with van der Waals surface area (Å²) in [5, 5.41) is 11.3. The molecular weight excluding hydrogens is 316 g/mol. The predicted molar refractivity (Wildman–Crippen MR) is 98.4 cm³/mol. The van der Waals surface area contributed by atoms with Gasteiger partial charge in [0.2, 0.25) is 5.36 Å². The maximum absolute atomic E-state index is 11.2. The van der Waals surface area contributed by atoms with E-state index in [1.54, 1.807) is 0 Å². The molecule has 3 aliphatic rings. The molecule has 3 rings (SSSR count). The Morgan fingerprint density at radius 1 is 1.32 bits per heavy atom. The van der Waals surface area contributed by atoms with Crippen molar-refractivity contribution in [3.05, 3.63) is 39.8 Å². The zero-order valence-corrected chi connectivity index (χ0v) is 15.3. The van der Waals surface area contributed by atoms with Crippen molar-refractivity contribution < 1.29 is 14.3 Å². The van der Waals surface area contributed by atoms with Gasteiger partial charge in [0.25, 0.3) is 0 Å². The molecule has 1 N–H and O–H groups in total. The van der Waals surface area contributed by atoms with Crippen LogP contribution in [0.2, 0.25) is 0 Å². The van der Waals surface area contributed by atoms with Gasteiger partial charge in [0.1, 0.15) is 25.3 Å². The van der Waals surface area contributed by atoms with Crippen molar-refractivity contribution in [3.63, 3.8) is 0 Å². The Morgan fingerprint density at radius 2 is 2.08 bits per heavy atom. The molecule has 0 saturated carbocycles. The summed E-state index contributed by atoms with van der Waals surface area (Å²) in [6.45, 7) is 0. The smallest absolute Gasteiger partial charge is 0.303 e. The van der Waals surface area contributed by atoms with Crippen molar-refractivity contribution in [2.45, 2.75) is 25.7 Å². The lowest BCUT2D eigenvalue weighted by molar-refractivity contribution is -0.136. The molecule has 0 fully saturated rings. The Labute approximate surface area is 147 Å². The van der Waals surface area contributed by atoms with Crippen molar-refractivity contribution in [2.24, 2.45) is 0 Å². The van der Waals surface area contributed by atoms with Gasteiger partial charge in [-0.2, -0.15) is 0 Å². The van der Waals surface area contributed by atoms with Crippen molar-refractivity contribution in [2.75, 3.05) is 28.2 Å². The molecular formula is C20H25N2O3+. The van der Waals surface area contributed by atoms with E-state index in [1.807, 2.05) is 44.9 Å². The minimum Gasteiger partial charge on any atom is -0.481 e. The highest BCUT2D eigenvalue weighted by Crippen LogP contribution is 2.23. The summed E-state index contributed by atoms with van der Waals surface area (Å²) < 4.78 is 8.26. The molecule has 2 aliphatic carbocycles. The molecule has 0 unspecified atom stereocenters. The maximum atomic E-state index is 11.2. The number of aliphatic carboxylic acids is 1. The predicted octanol–water partition coefficient (Wildman–Crippen LogP) is 0.678. The maximum Gasteiger partial charge on any atom is 0.303 e. The molecule has 0 bridgehead atoms. The highest BCUT2D eigenvalue weighted by molar-refractivity contribution is 5.70. The zero-order valence-electron chi connectivity index (χ0n) is 15.3. The average Bonchev–Trinajstić information content (AvgIpc) is 2.57. The van der Waals surface area contributed by atoms with Crippen LogP contribution in [0.25, 0.3) is 23.1 Å². The molecule has 0 saturated heterocycles. The van der Waals surface area contributed by atoms with Crippen molar-refractivity contribution in [1.29, 1.82) is 0 Å². The monoisotopic (exact) mass is 341 g/mol. The molecule has 5 heteroatoms. The summed E-state index contributed by atoms with van der Waals surface area (Å²) in [7, 11) is 8.05. The molecule has 0 aromatic rings. The van der Waals surface area contributed by atoms with Gasteiger partial charge < -0.3 is 14.4 Å². The number of carboxylic acids is 1. The third-order valence-electron chi connectivity index (χ3n) is 4.70. The standard InChI is InChI=1S/C20H24N2O3/c1-21(2)13-8-9-14-15(10-11-19(23)24)20-16(22(3)4)6-5-7-17(20)25-18(14)12-13/h7-9,12H,5-6,10-11H2,1-4H3/p+1. The average molecular weight is 341 g/mol. The Balaban J connectivity index is 2.42. The minimum absolute atomic E-state index is 0.113. The SMILES string of the molecule is CN(C)C1=c2c(CCC(=O)O)c3ccc(=[N+](C)C)cc-3oc2=CCC1.